The number of fused-ring (bicyclic) bond motifs is 1. The van der Waals surface area contributed by atoms with Gasteiger partial charge in [-0.2, -0.15) is 0 Å². The number of amides is 1. The third-order valence-corrected chi connectivity index (χ3v) is 5.76. The first-order valence-corrected chi connectivity index (χ1v) is 8.68. The summed E-state index contributed by atoms with van der Waals surface area (Å²) < 4.78 is 0. The summed E-state index contributed by atoms with van der Waals surface area (Å²) in [5, 5.41) is 3.21. The van der Waals surface area contributed by atoms with Gasteiger partial charge in [0.25, 0.3) is 5.91 Å². The standard InChI is InChI=1S/C16H24N2OS.ClH/c1-17-11-13-7-5-9-18(13)16(19)15-10-12-6-3-2-4-8-14(12)20-15;/h10,13,17H,2-9,11H2,1H3;1H. The Balaban J connectivity index is 0.00000161. The molecule has 118 valence electrons. The number of nitrogens with zero attached hydrogens (tertiary/aromatic N) is 1. The second kappa shape index (κ2) is 7.61. The molecule has 1 unspecified atom stereocenters. The zero-order valence-corrected chi connectivity index (χ0v) is 14.3. The molecule has 0 aromatic carbocycles. The molecule has 3 nitrogen and oxygen atoms in total. The third kappa shape index (κ3) is 3.61. The Labute approximate surface area is 137 Å². The lowest BCUT2D eigenvalue weighted by Gasteiger charge is -2.23. The SMILES string of the molecule is CNCC1CCCN1C(=O)c1cc2c(s1)CCCCC2.Cl. The van der Waals surface area contributed by atoms with Crippen molar-refractivity contribution in [2.45, 2.75) is 51.0 Å². The summed E-state index contributed by atoms with van der Waals surface area (Å²) in [6, 6.07) is 2.57. The largest absolute Gasteiger partial charge is 0.334 e. The fourth-order valence-electron chi connectivity index (χ4n) is 3.47. The summed E-state index contributed by atoms with van der Waals surface area (Å²) in [7, 11) is 1.97. The van der Waals surface area contributed by atoms with Gasteiger partial charge in [0.05, 0.1) is 4.88 Å². The van der Waals surface area contributed by atoms with Crippen molar-refractivity contribution in [2.75, 3.05) is 20.1 Å². The van der Waals surface area contributed by atoms with E-state index in [0.717, 1.165) is 30.8 Å². The molecule has 2 aliphatic rings. The number of likely N-dealkylation sites (tertiary alicyclic amines) is 1. The molecule has 1 saturated heterocycles. The van der Waals surface area contributed by atoms with E-state index >= 15 is 0 Å². The number of likely N-dealkylation sites (N-methyl/N-ethyl adjacent to an activating group) is 1. The van der Waals surface area contributed by atoms with E-state index in [0.29, 0.717) is 6.04 Å². The Kier molecular flexibility index (Phi) is 6.08. The number of aryl methyl sites for hydroxylation is 2. The van der Waals surface area contributed by atoms with Crippen molar-refractivity contribution >= 4 is 29.7 Å². The molecule has 1 atom stereocenters. The second-order valence-electron chi connectivity index (χ2n) is 5.97. The number of hydrogen-bond acceptors (Lipinski definition) is 3. The Hall–Kier alpha value is -0.580. The molecular weight excluding hydrogens is 304 g/mol. The lowest BCUT2D eigenvalue weighted by atomic mass is 10.1. The van der Waals surface area contributed by atoms with Crippen LogP contribution >= 0.6 is 23.7 Å². The molecule has 1 N–H and O–H groups in total. The number of nitrogens with one attached hydrogen (secondary N) is 1. The maximum absolute atomic E-state index is 12.7. The van der Waals surface area contributed by atoms with Gasteiger partial charge < -0.3 is 10.2 Å². The first-order chi connectivity index (χ1) is 9.79. The van der Waals surface area contributed by atoms with E-state index < -0.39 is 0 Å². The van der Waals surface area contributed by atoms with Gasteiger partial charge in [0.1, 0.15) is 0 Å². The lowest BCUT2D eigenvalue weighted by Crippen LogP contribution is -2.40. The van der Waals surface area contributed by atoms with Crippen LogP contribution in [0.3, 0.4) is 0 Å². The topological polar surface area (TPSA) is 32.3 Å². The van der Waals surface area contributed by atoms with E-state index in [1.54, 1.807) is 11.3 Å². The number of carbonyl (C=O) groups is 1. The maximum atomic E-state index is 12.7. The number of rotatable bonds is 3. The van der Waals surface area contributed by atoms with Crippen LogP contribution in [0.4, 0.5) is 0 Å². The average Bonchev–Trinajstić information content (AvgIpc) is 3.01. The zero-order valence-electron chi connectivity index (χ0n) is 12.7. The summed E-state index contributed by atoms with van der Waals surface area (Å²) in [5.41, 5.74) is 1.44. The Morgan fingerprint density at radius 3 is 2.95 bits per heavy atom. The summed E-state index contributed by atoms with van der Waals surface area (Å²) >= 11 is 1.75. The van der Waals surface area contributed by atoms with Crippen LogP contribution in [0.5, 0.6) is 0 Å². The number of hydrogen-bond donors (Lipinski definition) is 1. The van der Waals surface area contributed by atoms with Crippen molar-refractivity contribution in [2.24, 2.45) is 0 Å². The van der Waals surface area contributed by atoms with Crippen LogP contribution in [0.15, 0.2) is 6.07 Å². The molecule has 0 bridgehead atoms. The van der Waals surface area contributed by atoms with Gasteiger partial charge in [0, 0.05) is 24.0 Å². The molecule has 0 saturated carbocycles. The molecule has 1 fully saturated rings. The molecule has 5 heteroatoms. The minimum absolute atomic E-state index is 0. The Morgan fingerprint density at radius 2 is 2.14 bits per heavy atom. The predicted molar refractivity (Wildman–Crippen MR) is 90.8 cm³/mol. The first-order valence-electron chi connectivity index (χ1n) is 7.86. The van der Waals surface area contributed by atoms with E-state index in [1.807, 2.05) is 7.05 Å². The number of thiophene rings is 1. The van der Waals surface area contributed by atoms with Gasteiger partial charge in [-0.25, -0.2) is 0 Å². The predicted octanol–water partition coefficient (Wildman–Crippen LogP) is 3.26. The van der Waals surface area contributed by atoms with Crippen molar-refractivity contribution in [3.63, 3.8) is 0 Å². The normalized spacial score (nSPS) is 21.6. The van der Waals surface area contributed by atoms with Crippen molar-refractivity contribution < 1.29 is 4.79 Å². The molecule has 1 amide bonds. The highest BCUT2D eigenvalue weighted by atomic mass is 35.5. The fourth-order valence-corrected chi connectivity index (χ4v) is 4.67. The molecule has 2 heterocycles. The van der Waals surface area contributed by atoms with Crippen LogP contribution in [0, 0.1) is 0 Å². The van der Waals surface area contributed by atoms with Crippen LogP contribution in [0.2, 0.25) is 0 Å². The molecule has 3 rings (SSSR count). The van der Waals surface area contributed by atoms with Crippen LogP contribution in [-0.4, -0.2) is 37.0 Å². The molecule has 1 aliphatic heterocycles. The van der Waals surface area contributed by atoms with Gasteiger partial charge in [0.15, 0.2) is 0 Å². The van der Waals surface area contributed by atoms with Crippen molar-refractivity contribution in [1.82, 2.24) is 10.2 Å². The average molecular weight is 329 g/mol. The molecule has 0 spiro atoms. The minimum atomic E-state index is 0. The highest BCUT2D eigenvalue weighted by Crippen LogP contribution is 2.31. The summed E-state index contributed by atoms with van der Waals surface area (Å²) in [5.74, 6) is 0.265. The maximum Gasteiger partial charge on any atom is 0.264 e. The first kappa shape index (κ1) is 16.8. The van der Waals surface area contributed by atoms with Gasteiger partial charge in [-0.3, -0.25) is 4.79 Å². The van der Waals surface area contributed by atoms with Gasteiger partial charge in [0.2, 0.25) is 0 Å². The second-order valence-corrected chi connectivity index (χ2v) is 7.11. The highest BCUT2D eigenvalue weighted by molar-refractivity contribution is 7.14. The van der Waals surface area contributed by atoms with Crippen LogP contribution in [-0.2, 0) is 12.8 Å². The monoisotopic (exact) mass is 328 g/mol. The molecule has 1 aromatic heterocycles. The Bertz CT molecular complexity index is 465. The van der Waals surface area contributed by atoms with Gasteiger partial charge in [-0.05, 0) is 57.2 Å². The van der Waals surface area contributed by atoms with E-state index in [-0.39, 0.29) is 18.3 Å². The Morgan fingerprint density at radius 1 is 1.33 bits per heavy atom. The highest BCUT2D eigenvalue weighted by Gasteiger charge is 2.30. The molecule has 1 aromatic rings. The van der Waals surface area contributed by atoms with Crippen molar-refractivity contribution in [1.29, 1.82) is 0 Å². The molecule has 0 radical (unpaired) electrons. The summed E-state index contributed by atoms with van der Waals surface area (Å²) in [4.78, 5) is 17.3. The third-order valence-electron chi connectivity index (χ3n) is 4.54. The molecule has 1 aliphatic carbocycles. The van der Waals surface area contributed by atoms with Crippen LogP contribution in [0.1, 0.15) is 52.2 Å². The quantitative estimate of drug-likeness (QED) is 0.864. The summed E-state index contributed by atoms with van der Waals surface area (Å²) in [6.07, 6.45) is 8.52. The zero-order chi connectivity index (χ0) is 13.9. The van der Waals surface area contributed by atoms with Crippen molar-refractivity contribution in [3.05, 3.63) is 21.4 Å². The van der Waals surface area contributed by atoms with Gasteiger partial charge >= 0.3 is 0 Å². The van der Waals surface area contributed by atoms with Crippen molar-refractivity contribution in [3.8, 4) is 0 Å². The molecule has 21 heavy (non-hydrogen) atoms. The molecular formula is C16H25ClN2OS. The number of halogens is 1. The number of carbonyl (C=O) groups excluding carboxylic acids is 1. The van der Waals surface area contributed by atoms with Gasteiger partial charge in [-0.1, -0.05) is 6.42 Å². The van der Waals surface area contributed by atoms with E-state index in [4.69, 9.17) is 0 Å². The van der Waals surface area contributed by atoms with Gasteiger partial charge in [-0.15, -0.1) is 23.7 Å². The van der Waals surface area contributed by atoms with Crippen LogP contribution in [0.25, 0.3) is 0 Å². The van der Waals surface area contributed by atoms with E-state index in [1.165, 1.54) is 42.5 Å². The van der Waals surface area contributed by atoms with E-state index in [9.17, 15) is 4.79 Å². The lowest BCUT2D eigenvalue weighted by molar-refractivity contribution is 0.0742. The smallest absolute Gasteiger partial charge is 0.264 e. The van der Waals surface area contributed by atoms with E-state index in [2.05, 4.69) is 16.3 Å². The summed E-state index contributed by atoms with van der Waals surface area (Å²) in [6.45, 7) is 1.84. The van der Waals surface area contributed by atoms with Crippen LogP contribution < -0.4 is 5.32 Å². The fraction of sp³-hybridized carbons (Fsp3) is 0.688. The minimum Gasteiger partial charge on any atom is -0.334 e.